The van der Waals surface area contributed by atoms with E-state index in [0.29, 0.717) is 12.8 Å². The third kappa shape index (κ3) is 8.68. The van der Waals surface area contributed by atoms with Crippen LogP contribution in [0.2, 0.25) is 0 Å². The van der Waals surface area contributed by atoms with E-state index in [-0.39, 0.29) is 25.2 Å². The van der Waals surface area contributed by atoms with Crippen molar-refractivity contribution in [1.82, 2.24) is 0 Å². The highest BCUT2D eigenvalue weighted by molar-refractivity contribution is 5.69. The van der Waals surface area contributed by atoms with Crippen LogP contribution in [0.1, 0.15) is 39.5 Å². The number of esters is 2. The van der Waals surface area contributed by atoms with Gasteiger partial charge in [0, 0.05) is 20.0 Å². The van der Waals surface area contributed by atoms with Crippen LogP contribution in [0.15, 0.2) is 0 Å². The van der Waals surface area contributed by atoms with Gasteiger partial charge in [-0.25, -0.2) is 0 Å². The lowest BCUT2D eigenvalue weighted by molar-refractivity contribution is -0.153. The maximum Gasteiger partial charge on any atom is 0.305 e. The first kappa shape index (κ1) is 15.9. The van der Waals surface area contributed by atoms with E-state index in [1.165, 1.54) is 7.11 Å². The Balaban J connectivity index is 3.76. The fourth-order valence-electron chi connectivity index (χ4n) is 1.11. The molecule has 0 aliphatic rings. The van der Waals surface area contributed by atoms with E-state index in [1.54, 1.807) is 0 Å². The molecule has 0 spiro atoms. The highest BCUT2D eigenvalue weighted by Crippen LogP contribution is 1.99. The molecule has 0 unspecified atom stereocenters. The third-order valence-electron chi connectivity index (χ3n) is 2.10. The van der Waals surface area contributed by atoms with Crippen molar-refractivity contribution in [3.8, 4) is 0 Å². The van der Waals surface area contributed by atoms with Gasteiger partial charge in [-0.2, -0.15) is 0 Å². The van der Waals surface area contributed by atoms with E-state index < -0.39 is 6.10 Å². The molecular formula is C12H22O5. The van der Waals surface area contributed by atoms with Crippen LogP contribution in [-0.4, -0.2) is 38.4 Å². The summed E-state index contributed by atoms with van der Waals surface area (Å²) in [6.07, 6.45) is 1.90. The minimum absolute atomic E-state index is 0.120. The minimum Gasteiger partial charge on any atom is -0.463 e. The van der Waals surface area contributed by atoms with Crippen molar-refractivity contribution < 1.29 is 23.8 Å². The molecule has 0 N–H and O–H groups in total. The molecule has 0 atom stereocenters. The fraction of sp³-hybridized carbons (Fsp3) is 0.833. The number of ether oxygens (including phenoxy) is 3. The van der Waals surface area contributed by atoms with E-state index in [9.17, 15) is 9.59 Å². The van der Waals surface area contributed by atoms with Crippen LogP contribution in [-0.2, 0) is 23.8 Å². The van der Waals surface area contributed by atoms with Crippen molar-refractivity contribution in [2.24, 2.45) is 0 Å². The lowest BCUT2D eigenvalue weighted by Gasteiger charge is -2.15. The molecular weight excluding hydrogens is 224 g/mol. The quantitative estimate of drug-likeness (QED) is 0.579. The summed E-state index contributed by atoms with van der Waals surface area (Å²) in [6, 6.07) is 0. The Kier molecular flexibility index (Phi) is 9.43. The normalized spacial score (nSPS) is 10.4. The van der Waals surface area contributed by atoms with E-state index in [0.717, 1.165) is 12.8 Å². The van der Waals surface area contributed by atoms with Crippen LogP contribution >= 0.6 is 0 Å². The summed E-state index contributed by atoms with van der Waals surface area (Å²) in [5.41, 5.74) is 0. The first-order valence-electron chi connectivity index (χ1n) is 5.98. The molecule has 5 nitrogen and oxygen atoms in total. The molecule has 0 fully saturated rings. The zero-order valence-electron chi connectivity index (χ0n) is 10.9. The summed E-state index contributed by atoms with van der Waals surface area (Å²) in [5.74, 6) is -0.510. The van der Waals surface area contributed by atoms with Gasteiger partial charge in [-0.05, 0) is 12.8 Å². The molecule has 0 aromatic heterocycles. The minimum atomic E-state index is -0.392. The summed E-state index contributed by atoms with van der Waals surface area (Å²) in [7, 11) is 1.49. The van der Waals surface area contributed by atoms with Crippen molar-refractivity contribution in [3.63, 3.8) is 0 Å². The smallest absolute Gasteiger partial charge is 0.305 e. The number of carbonyl (C=O) groups is 2. The summed E-state index contributed by atoms with van der Waals surface area (Å²) in [5, 5.41) is 0. The van der Waals surface area contributed by atoms with Gasteiger partial charge in [-0.15, -0.1) is 0 Å². The van der Waals surface area contributed by atoms with Gasteiger partial charge in [0.2, 0.25) is 0 Å². The summed E-state index contributed by atoms with van der Waals surface area (Å²) in [6.45, 7) is 4.05. The van der Waals surface area contributed by atoms with E-state index in [2.05, 4.69) is 0 Å². The predicted molar refractivity (Wildman–Crippen MR) is 62.5 cm³/mol. The van der Waals surface area contributed by atoms with Gasteiger partial charge >= 0.3 is 11.9 Å². The van der Waals surface area contributed by atoms with E-state index in [4.69, 9.17) is 14.2 Å². The molecule has 17 heavy (non-hydrogen) atoms. The molecule has 0 saturated heterocycles. The number of carbonyl (C=O) groups excluding carboxylic acids is 2. The zero-order valence-corrected chi connectivity index (χ0v) is 10.9. The molecule has 0 aliphatic heterocycles. The molecule has 0 aliphatic carbocycles. The number of rotatable bonds is 9. The van der Waals surface area contributed by atoms with E-state index >= 15 is 0 Å². The molecule has 100 valence electrons. The first-order chi connectivity index (χ1) is 8.13. The van der Waals surface area contributed by atoms with Crippen LogP contribution in [0.4, 0.5) is 0 Å². The standard InChI is InChI=1S/C12H22O5/c1-4-6-11(13)16-8-10(15-3)9-17-12(14)7-5-2/h10H,4-9H2,1-3H3. The van der Waals surface area contributed by atoms with Gasteiger partial charge in [0.15, 0.2) is 0 Å². The topological polar surface area (TPSA) is 61.8 Å². The molecule has 0 bridgehead atoms. The van der Waals surface area contributed by atoms with Crippen molar-refractivity contribution in [1.29, 1.82) is 0 Å². The lowest BCUT2D eigenvalue weighted by Crippen LogP contribution is -2.27. The molecule has 0 heterocycles. The molecule has 0 amide bonds. The average molecular weight is 246 g/mol. The van der Waals surface area contributed by atoms with Crippen LogP contribution in [0.3, 0.4) is 0 Å². The van der Waals surface area contributed by atoms with Crippen LogP contribution in [0.5, 0.6) is 0 Å². The van der Waals surface area contributed by atoms with Crippen molar-refractivity contribution in [2.75, 3.05) is 20.3 Å². The largest absolute Gasteiger partial charge is 0.463 e. The van der Waals surface area contributed by atoms with E-state index in [1.807, 2.05) is 13.8 Å². The second-order valence-electron chi connectivity index (χ2n) is 3.72. The summed E-state index contributed by atoms with van der Waals surface area (Å²) < 4.78 is 15.0. The monoisotopic (exact) mass is 246 g/mol. The molecule has 0 aromatic carbocycles. The Morgan fingerprint density at radius 2 is 1.35 bits per heavy atom. The number of methoxy groups -OCH3 is 1. The fourth-order valence-corrected chi connectivity index (χ4v) is 1.11. The number of hydrogen-bond donors (Lipinski definition) is 0. The second kappa shape index (κ2) is 10.1. The van der Waals surface area contributed by atoms with Crippen LogP contribution in [0, 0.1) is 0 Å². The SMILES string of the molecule is CCCC(=O)OCC(COC(=O)CCC)OC. The highest BCUT2D eigenvalue weighted by atomic mass is 16.6. The second-order valence-corrected chi connectivity index (χ2v) is 3.72. The predicted octanol–water partition coefficient (Wildman–Crippen LogP) is 1.69. The molecule has 0 radical (unpaired) electrons. The highest BCUT2D eigenvalue weighted by Gasteiger charge is 2.13. The Morgan fingerprint density at radius 1 is 0.941 bits per heavy atom. The Bertz CT molecular complexity index is 205. The average Bonchev–Trinajstić information content (AvgIpc) is 2.30. The van der Waals surface area contributed by atoms with Gasteiger partial charge in [0.05, 0.1) is 0 Å². The number of hydrogen-bond acceptors (Lipinski definition) is 5. The van der Waals surface area contributed by atoms with Crippen molar-refractivity contribution in [2.45, 2.75) is 45.6 Å². The van der Waals surface area contributed by atoms with Crippen molar-refractivity contribution in [3.05, 3.63) is 0 Å². The maximum absolute atomic E-state index is 11.1. The van der Waals surface area contributed by atoms with Crippen molar-refractivity contribution >= 4 is 11.9 Å². The van der Waals surface area contributed by atoms with Gasteiger partial charge in [-0.3, -0.25) is 9.59 Å². The Hall–Kier alpha value is -1.10. The summed E-state index contributed by atoms with van der Waals surface area (Å²) >= 11 is 0. The van der Waals surface area contributed by atoms with Gasteiger partial charge in [0.1, 0.15) is 19.3 Å². The maximum atomic E-state index is 11.1. The Labute approximate surface area is 102 Å². The zero-order chi connectivity index (χ0) is 13.1. The lowest BCUT2D eigenvalue weighted by atomic mass is 10.3. The Morgan fingerprint density at radius 3 is 1.65 bits per heavy atom. The van der Waals surface area contributed by atoms with Gasteiger partial charge < -0.3 is 14.2 Å². The van der Waals surface area contributed by atoms with Crippen LogP contribution in [0.25, 0.3) is 0 Å². The molecule has 0 rings (SSSR count). The first-order valence-corrected chi connectivity index (χ1v) is 5.98. The van der Waals surface area contributed by atoms with Gasteiger partial charge in [-0.1, -0.05) is 13.8 Å². The third-order valence-corrected chi connectivity index (χ3v) is 2.10. The molecule has 5 heteroatoms. The molecule has 0 saturated carbocycles. The molecule has 0 aromatic rings. The van der Waals surface area contributed by atoms with Gasteiger partial charge in [0.25, 0.3) is 0 Å². The summed E-state index contributed by atoms with van der Waals surface area (Å²) in [4.78, 5) is 22.2. The van der Waals surface area contributed by atoms with Crippen LogP contribution < -0.4 is 0 Å².